The van der Waals surface area contributed by atoms with Gasteiger partial charge in [0.1, 0.15) is 21.7 Å². The summed E-state index contributed by atoms with van der Waals surface area (Å²) >= 11 is 3.23. The van der Waals surface area contributed by atoms with E-state index in [1.54, 1.807) is 45.2 Å². The Morgan fingerprint density at radius 2 is 1.91 bits per heavy atom. The van der Waals surface area contributed by atoms with Crippen molar-refractivity contribution in [2.75, 3.05) is 5.32 Å². The van der Waals surface area contributed by atoms with E-state index in [1.165, 1.54) is 12.1 Å². The third-order valence-electron chi connectivity index (χ3n) is 2.51. The fraction of sp³-hybridized carbons (Fsp3) is 0.250. The summed E-state index contributed by atoms with van der Waals surface area (Å²) in [6.45, 7) is 5.19. The Hall–Kier alpha value is -2.15. The van der Waals surface area contributed by atoms with Crippen LogP contribution in [-0.2, 0) is 4.74 Å². The second kappa shape index (κ2) is 6.95. The van der Waals surface area contributed by atoms with Crippen LogP contribution >= 0.6 is 15.9 Å². The first-order chi connectivity index (χ1) is 10.7. The van der Waals surface area contributed by atoms with Crippen LogP contribution in [0.5, 0.6) is 11.5 Å². The van der Waals surface area contributed by atoms with Gasteiger partial charge in [0.15, 0.2) is 5.82 Å². The molecule has 23 heavy (non-hydrogen) atoms. The first kappa shape index (κ1) is 17.2. The number of nitrogens with zero attached hydrogens (tertiary/aromatic N) is 1. The van der Waals surface area contributed by atoms with Crippen molar-refractivity contribution in [3.05, 3.63) is 46.9 Å². The molecule has 0 aliphatic heterocycles. The van der Waals surface area contributed by atoms with Gasteiger partial charge in [0.05, 0.1) is 5.69 Å². The van der Waals surface area contributed by atoms with Crippen molar-refractivity contribution in [3.8, 4) is 11.5 Å². The van der Waals surface area contributed by atoms with E-state index < -0.39 is 17.5 Å². The normalized spacial score (nSPS) is 11.0. The molecule has 0 aliphatic carbocycles. The Labute approximate surface area is 142 Å². The van der Waals surface area contributed by atoms with Gasteiger partial charge in [-0.3, -0.25) is 5.32 Å². The van der Waals surface area contributed by atoms with Gasteiger partial charge in [0, 0.05) is 18.3 Å². The summed E-state index contributed by atoms with van der Waals surface area (Å²) < 4.78 is 25.3. The van der Waals surface area contributed by atoms with Crippen molar-refractivity contribution in [1.82, 2.24) is 4.98 Å². The van der Waals surface area contributed by atoms with Crippen LogP contribution in [0.15, 0.2) is 41.1 Å². The van der Waals surface area contributed by atoms with Gasteiger partial charge in [-0.2, -0.15) is 0 Å². The van der Waals surface area contributed by atoms with E-state index in [-0.39, 0.29) is 5.69 Å². The first-order valence-corrected chi connectivity index (χ1v) is 7.61. The predicted molar refractivity (Wildman–Crippen MR) is 88.3 cm³/mol. The van der Waals surface area contributed by atoms with Crippen LogP contribution in [0.25, 0.3) is 0 Å². The molecular formula is C16H16BrFN2O3. The highest BCUT2D eigenvalue weighted by atomic mass is 79.9. The molecule has 0 bridgehead atoms. The average Bonchev–Trinajstić information content (AvgIpc) is 2.40. The molecule has 5 nitrogen and oxygen atoms in total. The monoisotopic (exact) mass is 382 g/mol. The van der Waals surface area contributed by atoms with Gasteiger partial charge in [0.25, 0.3) is 0 Å². The summed E-state index contributed by atoms with van der Waals surface area (Å²) in [5.74, 6) is 0.191. The molecule has 1 heterocycles. The number of benzene rings is 1. The molecule has 122 valence electrons. The first-order valence-electron chi connectivity index (χ1n) is 6.82. The number of pyridine rings is 1. The maximum absolute atomic E-state index is 14.1. The van der Waals surface area contributed by atoms with Crippen LogP contribution in [0.2, 0.25) is 0 Å². The quantitative estimate of drug-likeness (QED) is 0.748. The van der Waals surface area contributed by atoms with E-state index in [2.05, 4.69) is 26.2 Å². The van der Waals surface area contributed by atoms with Crippen molar-refractivity contribution in [2.24, 2.45) is 0 Å². The van der Waals surface area contributed by atoms with Gasteiger partial charge in [-0.1, -0.05) is 0 Å². The molecule has 0 saturated carbocycles. The molecule has 0 radical (unpaired) electrons. The molecule has 0 unspecified atom stereocenters. The SMILES string of the molecule is CC(C)(C)OC(=O)Nc1ccc(Oc2ccnc(Br)c2)cc1F. The zero-order valence-electron chi connectivity index (χ0n) is 12.9. The fourth-order valence-electron chi connectivity index (χ4n) is 1.66. The molecule has 1 amide bonds. The maximum atomic E-state index is 14.1. The van der Waals surface area contributed by atoms with Gasteiger partial charge in [-0.25, -0.2) is 14.2 Å². The molecular weight excluding hydrogens is 367 g/mol. The number of nitrogens with one attached hydrogen (secondary N) is 1. The predicted octanol–water partition coefficient (Wildman–Crippen LogP) is 5.12. The van der Waals surface area contributed by atoms with Gasteiger partial charge < -0.3 is 9.47 Å². The molecule has 1 aromatic heterocycles. The molecule has 0 spiro atoms. The van der Waals surface area contributed by atoms with Gasteiger partial charge in [-0.15, -0.1) is 0 Å². The summed E-state index contributed by atoms with van der Waals surface area (Å²) in [5, 5.41) is 2.36. The highest BCUT2D eigenvalue weighted by molar-refractivity contribution is 9.10. The highest BCUT2D eigenvalue weighted by Gasteiger charge is 2.17. The molecule has 0 aliphatic rings. The van der Waals surface area contributed by atoms with Crippen molar-refractivity contribution < 1.29 is 18.7 Å². The van der Waals surface area contributed by atoms with Gasteiger partial charge >= 0.3 is 6.09 Å². The van der Waals surface area contributed by atoms with Crippen LogP contribution in [0.4, 0.5) is 14.9 Å². The van der Waals surface area contributed by atoms with Crippen LogP contribution in [0.3, 0.4) is 0 Å². The summed E-state index contributed by atoms with van der Waals surface area (Å²) in [7, 11) is 0. The maximum Gasteiger partial charge on any atom is 0.412 e. The number of amides is 1. The number of anilines is 1. The summed E-state index contributed by atoms with van der Waals surface area (Å²) in [5.41, 5.74) is -0.638. The number of halogens is 2. The lowest BCUT2D eigenvalue weighted by Gasteiger charge is -2.19. The molecule has 0 atom stereocenters. The van der Waals surface area contributed by atoms with Crippen LogP contribution in [-0.4, -0.2) is 16.7 Å². The second-order valence-corrected chi connectivity index (χ2v) is 6.50. The Morgan fingerprint density at radius 1 is 1.22 bits per heavy atom. The zero-order valence-corrected chi connectivity index (χ0v) is 14.5. The third-order valence-corrected chi connectivity index (χ3v) is 2.94. The Bertz CT molecular complexity index is 717. The lowest BCUT2D eigenvalue weighted by Crippen LogP contribution is -2.27. The number of rotatable bonds is 3. The van der Waals surface area contributed by atoms with Crippen LogP contribution in [0, 0.1) is 5.82 Å². The van der Waals surface area contributed by atoms with Crippen molar-refractivity contribution in [1.29, 1.82) is 0 Å². The number of carbonyl (C=O) groups is 1. The number of hydrogen-bond acceptors (Lipinski definition) is 4. The second-order valence-electron chi connectivity index (χ2n) is 5.68. The van der Waals surface area contributed by atoms with E-state index in [0.717, 1.165) is 0 Å². The van der Waals surface area contributed by atoms with Crippen molar-refractivity contribution in [3.63, 3.8) is 0 Å². The number of aromatic nitrogens is 1. The summed E-state index contributed by atoms with van der Waals surface area (Å²) in [4.78, 5) is 15.6. The van der Waals surface area contributed by atoms with E-state index in [4.69, 9.17) is 9.47 Å². The zero-order chi connectivity index (χ0) is 17.0. The fourth-order valence-corrected chi connectivity index (χ4v) is 2.00. The van der Waals surface area contributed by atoms with E-state index in [9.17, 15) is 9.18 Å². The van der Waals surface area contributed by atoms with Crippen LogP contribution < -0.4 is 10.1 Å². The lowest BCUT2D eigenvalue weighted by molar-refractivity contribution is 0.0635. The Balaban J connectivity index is 2.07. The lowest BCUT2D eigenvalue weighted by atomic mass is 10.2. The highest BCUT2D eigenvalue weighted by Crippen LogP contribution is 2.26. The number of ether oxygens (including phenoxy) is 2. The van der Waals surface area contributed by atoms with Crippen molar-refractivity contribution >= 4 is 27.7 Å². The minimum atomic E-state index is -0.719. The van der Waals surface area contributed by atoms with E-state index >= 15 is 0 Å². The summed E-state index contributed by atoms with van der Waals surface area (Å²) in [6.07, 6.45) is 0.844. The molecule has 0 fully saturated rings. The third kappa shape index (κ3) is 5.52. The smallest absolute Gasteiger partial charge is 0.412 e. The number of carbonyl (C=O) groups excluding carboxylic acids is 1. The average molecular weight is 383 g/mol. The number of hydrogen-bond donors (Lipinski definition) is 1. The molecule has 2 rings (SSSR count). The van der Waals surface area contributed by atoms with E-state index in [0.29, 0.717) is 16.1 Å². The molecule has 2 aromatic rings. The Morgan fingerprint density at radius 3 is 2.52 bits per heavy atom. The Kier molecular flexibility index (Phi) is 5.20. The van der Waals surface area contributed by atoms with E-state index in [1.807, 2.05) is 0 Å². The molecule has 1 aromatic carbocycles. The molecule has 1 N–H and O–H groups in total. The molecule has 0 saturated heterocycles. The molecule has 7 heteroatoms. The minimum absolute atomic E-state index is 0.0162. The van der Waals surface area contributed by atoms with Gasteiger partial charge in [0.2, 0.25) is 0 Å². The largest absolute Gasteiger partial charge is 0.457 e. The topological polar surface area (TPSA) is 60.5 Å². The minimum Gasteiger partial charge on any atom is -0.457 e. The van der Waals surface area contributed by atoms with Gasteiger partial charge in [-0.05, 0) is 54.9 Å². The summed E-state index contributed by atoms with van der Waals surface area (Å²) in [6, 6.07) is 7.44. The standard InChI is InChI=1S/C16H16BrFN2O3/c1-16(2,3)23-15(21)20-13-5-4-10(8-12(13)18)22-11-6-7-19-14(17)9-11/h4-9H,1-3H3,(H,20,21). The van der Waals surface area contributed by atoms with Crippen LogP contribution in [0.1, 0.15) is 20.8 Å². The van der Waals surface area contributed by atoms with Crippen molar-refractivity contribution in [2.45, 2.75) is 26.4 Å².